The van der Waals surface area contributed by atoms with E-state index >= 15 is 0 Å². The molecule has 4 heteroatoms. The number of carbonyl (C=O) groups is 1. The largest absolute Gasteiger partial charge is 0.478 e. The van der Waals surface area contributed by atoms with E-state index in [9.17, 15) is 4.79 Å². The fourth-order valence-electron chi connectivity index (χ4n) is 1.15. The monoisotopic (exact) mass is 253 g/mol. The van der Waals surface area contributed by atoms with E-state index in [2.05, 4.69) is 15.9 Å². The van der Waals surface area contributed by atoms with E-state index in [1.807, 2.05) is 6.07 Å². The molecule has 0 fully saturated rings. The van der Waals surface area contributed by atoms with Crippen molar-refractivity contribution in [1.29, 1.82) is 5.26 Å². The van der Waals surface area contributed by atoms with Gasteiger partial charge in [-0.3, -0.25) is 0 Å². The predicted octanol–water partition coefficient (Wildman–Crippen LogP) is 2.21. The summed E-state index contributed by atoms with van der Waals surface area (Å²) in [5.41, 5.74) is 0.927. The van der Waals surface area contributed by atoms with Crippen LogP contribution >= 0.6 is 15.9 Å². The van der Waals surface area contributed by atoms with Gasteiger partial charge in [-0.15, -0.1) is 0 Å². The highest BCUT2D eigenvalue weighted by Crippen LogP contribution is 2.14. The van der Waals surface area contributed by atoms with Crippen molar-refractivity contribution in [2.24, 2.45) is 0 Å². The van der Waals surface area contributed by atoms with Gasteiger partial charge in [-0.2, -0.15) is 5.26 Å². The fraction of sp³-hybridized carbons (Fsp3) is 0.200. The van der Waals surface area contributed by atoms with Gasteiger partial charge in [0.15, 0.2) is 0 Å². The number of nitrogens with zero attached hydrogens (tertiary/aromatic N) is 1. The van der Waals surface area contributed by atoms with Crippen LogP contribution in [-0.2, 0) is 6.42 Å². The third kappa shape index (κ3) is 2.57. The molecular weight excluding hydrogens is 246 g/mol. The van der Waals surface area contributed by atoms with Crippen molar-refractivity contribution in [2.75, 3.05) is 0 Å². The van der Waals surface area contributed by atoms with Gasteiger partial charge in [-0.05, 0) is 18.1 Å². The highest BCUT2D eigenvalue weighted by atomic mass is 79.9. The molecule has 1 aromatic carbocycles. The molecule has 0 radical (unpaired) electrons. The van der Waals surface area contributed by atoms with Crippen molar-refractivity contribution in [3.05, 3.63) is 35.4 Å². The first-order valence-electron chi connectivity index (χ1n) is 4.00. The molecule has 0 bridgehead atoms. The summed E-state index contributed by atoms with van der Waals surface area (Å²) in [4.78, 5) is 10.4. The van der Waals surface area contributed by atoms with Crippen LogP contribution in [0.4, 0.5) is 0 Å². The molecule has 1 rings (SSSR count). The minimum Gasteiger partial charge on any atom is -0.478 e. The lowest BCUT2D eigenvalue weighted by Gasteiger charge is -2.05. The van der Waals surface area contributed by atoms with E-state index in [4.69, 9.17) is 10.4 Å². The summed E-state index contributed by atoms with van der Waals surface area (Å²) >= 11 is 3.14. The van der Waals surface area contributed by atoms with Gasteiger partial charge in [-0.1, -0.05) is 34.1 Å². The van der Waals surface area contributed by atoms with Crippen molar-refractivity contribution in [1.82, 2.24) is 0 Å². The van der Waals surface area contributed by atoms with Crippen LogP contribution in [0.2, 0.25) is 0 Å². The van der Waals surface area contributed by atoms with Crippen LogP contribution in [0.5, 0.6) is 0 Å². The molecule has 0 aliphatic heterocycles. The topological polar surface area (TPSA) is 61.1 Å². The summed E-state index contributed by atoms with van der Waals surface area (Å²) in [5, 5.41) is 17.4. The Hall–Kier alpha value is -1.34. The molecule has 0 unspecified atom stereocenters. The maximum Gasteiger partial charge on any atom is 0.335 e. The van der Waals surface area contributed by atoms with E-state index in [-0.39, 0.29) is 10.4 Å². The van der Waals surface area contributed by atoms with Crippen LogP contribution < -0.4 is 0 Å². The summed E-state index contributed by atoms with van der Waals surface area (Å²) in [6, 6.07) is 8.69. The molecule has 72 valence electrons. The van der Waals surface area contributed by atoms with E-state index < -0.39 is 5.97 Å². The molecule has 0 saturated carbocycles. The molecule has 1 aromatic rings. The molecule has 0 aliphatic rings. The number of halogens is 1. The molecule has 0 amide bonds. The minimum atomic E-state index is -0.960. The number of hydrogen-bond donors (Lipinski definition) is 1. The molecule has 0 saturated heterocycles. The number of carboxylic acid groups (broad SMARTS) is 1. The Morgan fingerprint density at radius 1 is 1.57 bits per heavy atom. The van der Waals surface area contributed by atoms with Crippen LogP contribution in [0.25, 0.3) is 0 Å². The number of carboxylic acids is 1. The van der Waals surface area contributed by atoms with Crippen molar-refractivity contribution >= 4 is 21.9 Å². The lowest BCUT2D eigenvalue weighted by molar-refractivity contribution is 0.0695. The second kappa shape index (κ2) is 4.77. The number of aromatic carboxylic acids is 1. The molecule has 14 heavy (non-hydrogen) atoms. The predicted molar refractivity (Wildman–Crippen MR) is 55.4 cm³/mol. The Morgan fingerprint density at radius 3 is 2.79 bits per heavy atom. The lowest BCUT2D eigenvalue weighted by Crippen LogP contribution is -2.06. The first-order valence-corrected chi connectivity index (χ1v) is 4.91. The minimum absolute atomic E-state index is 0.257. The van der Waals surface area contributed by atoms with E-state index in [0.717, 1.165) is 0 Å². The van der Waals surface area contributed by atoms with Gasteiger partial charge >= 0.3 is 5.97 Å². The van der Waals surface area contributed by atoms with Gasteiger partial charge in [0.05, 0.1) is 11.6 Å². The number of rotatable bonds is 3. The number of alkyl halides is 1. The van der Waals surface area contributed by atoms with Crippen molar-refractivity contribution in [3.8, 4) is 6.07 Å². The third-order valence-corrected chi connectivity index (χ3v) is 2.32. The second-order valence-electron chi connectivity index (χ2n) is 2.76. The SMILES string of the molecule is N#C[C@H](Br)Cc1ccccc1C(=O)O. The fourth-order valence-corrected chi connectivity index (χ4v) is 1.49. The Labute approximate surface area is 90.1 Å². The van der Waals surface area contributed by atoms with Crippen molar-refractivity contribution < 1.29 is 9.90 Å². The van der Waals surface area contributed by atoms with Crippen LogP contribution in [-0.4, -0.2) is 15.9 Å². The number of hydrogen-bond acceptors (Lipinski definition) is 2. The molecule has 0 aromatic heterocycles. The number of benzene rings is 1. The molecule has 0 heterocycles. The molecule has 1 atom stereocenters. The van der Waals surface area contributed by atoms with Crippen LogP contribution in [0.3, 0.4) is 0 Å². The number of nitriles is 1. The molecule has 0 aliphatic carbocycles. The average molecular weight is 254 g/mol. The lowest BCUT2D eigenvalue weighted by atomic mass is 10.0. The molecule has 3 nitrogen and oxygen atoms in total. The zero-order chi connectivity index (χ0) is 10.6. The normalized spacial score (nSPS) is 11.7. The van der Waals surface area contributed by atoms with Crippen LogP contribution in [0.1, 0.15) is 15.9 Å². The Kier molecular flexibility index (Phi) is 3.66. The second-order valence-corrected chi connectivity index (χ2v) is 3.87. The van der Waals surface area contributed by atoms with Gasteiger partial charge in [-0.25, -0.2) is 4.79 Å². The average Bonchev–Trinajstić information content (AvgIpc) is 2.18. The molecular formula is C10H8BrNO2. The highest BCUT2D eigenvalue weighted by molar-refractivity contribution is 9.09. The first-order chi connectivity index (χ1) is 6.65. The quantitative estimate of drug-likeness (QED) is 0.841. The Morgan fingerprint density at radius 2 is 2.21 bits per heavy atom. The zero-order valence-electron chi connectivity index (χ0n) is 7.27. The van der Waals surface area contributed by atoms with Crippen molar-refractivity contribution in [3.63, 3.8) is 0 Å². The van der Waals surface area contributed by atoms with Gasteiger partial charge in [0.2, 0.25) is 0 Å². The van der Waals surface area contributed by atoms with Gasteiger partial charge in [0, 0.05) is 0 Å². The standard InChI is InChI=1S/C10H8BrNO2/c11-8(6-12)5-7-3-1-2-4-9(7)10(13)14/h1-4,8H,5H2,(H,13,14)/t8-/m1/s1. The summed E-state index contributed by atoms with van der Waals surface area (Å²) in [6.45, 7) is 0. The first kappa shape index (κ1) is 10.7. The Bertz CT molecular complexity index is 384. The van der Waals surface area contributed by atoms with Gasteiger partial charge in [0.25, 0.3) is 0 Å². The van der Waals surface area contributed by atoms with Gasteiger partial charge in [0.1, 0.15) is 4.83 Å². The maximum atomic E-state index is 10.8. The third-order valence-electron chi connectivity index (χ3n) is 1.79. The van der Waals surface area contributed by atoms with Crippen LogP contribution in [0, 0.1) is 11.3 Å². The highest BCUT2D eigenvalue weighted by Gasteiger charge is 2.11. The zero-order valence-corrected chi connectivity index (χ0v) is 8.86. The maximum absolute atomic E-state index is 10.8. The molecule has 1 N–H and O–H groups in total. The summed E-state index contributed by atoms with van der Waals surface area (Å²) < 4.78 is 0. The van der Waals surface area contributed by atoms with E-state index in [1.54, 1.807) is 18.2 Å². The van der Waals surface area contributed by atoms with E-state index in [1.165, 1.54) is 6.07 Å². The molecule has 0 spiro atoms. The Balaban J connectivity index is 2.97. The smallest absolute Gasteiger partial charge is 0.335 e. The van der Waals surface area contributed by atoms with E-state index in [0.29, 0.717) is 12.0 Å². The van der Waals surface area contributed by atoms with Gasteiger partial charge < -0.3 is 5.11 Å². The summed E-state index contributed by atoms with van der Waals surface area (Å²) in [7, 11) is 0. The van der Waals surface area contributed by atoms with Crippen LogP contribution in [0.15, 0.2) is 24.3 Å². The summed E-state index contributed by atoms with van der Waals surface area (Å²) in [6.07, 6.45) is 0.402. The van der Waals surface area contributed by atoms with Crippen molar-refractivity contribution in [2.45, 2.75) is 11.2 Å². The summed E-state index contributed by atoms with van der Waals surface area (Å²) in [5.74, 6) is -0.960.